The summed E-state index contributed by atoms with van der Waals surface area (Å²) in [4.78, 5) is 22.7. The van der Waals surface area contributed by atoms with Gasteiger partial charge in [-0.3, -0.25) is 9.59 Å². The van der Waals surface area contributed by atoms with Crippen molar-refractivity contribution in [2.45, 2.75) is 6.18 Å². The summed E-state index contributed by atoms with van der Waals surface area (Å²) >= 11 is 0. The maximum atomic E-state index is 12.2. The number of Topliss-reactive ketones (excluding diaryl/α,β-unsaturated/α-hetero) is 1. The van der Waals surface area contributed by atoms with E-state index in [0.717, 1.165) is 5.01 Å². The summed E-state index contributed by atoms with van der Waals surface area (Å²) in [6, 6.07) is 7.92. The highest BCUT2D eigenvalue weighted by Gasteiger charge is 2.48. The molecule has 1 amide bonds. The largest absolute Gasteiger partial charge is 0.451 e. The van der Waals surface area contributed by atoms with Gasteiger partial charge in [-0.1, -0.05) is 18.2 Å². The zero-order valence-electron chi connectivity index (χ0n) is 8.89. The van der Waals surface area contributed by atoms with E-state index < -0.39 is 23.8 Å². The van der Waals surface area contributed by atoms with Crippen LogP contribution in [0.5, 0.6) is 0 Å². The fourth-order valence-electron chi connectivity index (χ4n) is 1.51. The molecule has 0 bridgehead atoms. The molecule has 1 aliphatic heterocycles. The number of amides is 1. The number of rotatable bonds is 2. The molecule has 4 nitrogen and oxygen atoms in total. The predicted molar refractivity (Wildman–Crippen MR) is 57.0 cm³/mol. The number of benzene rings is 1. The van der Waals surface area contributed by atoms with E-state index >= 15 is 0 Å². The lowest BCUT2D eigenvalue weighted by atomic mass is 10.1. The molecule has 0 N–H and O–H groups in total. The van der Waals surface area contributed by atoms with Crippen LogP contribution in [0.3, 0.4) is 0 Å². The molecule has 1 aliphatic rings. The van der Waals surface area contributed by atoms with Crippen LogP contribution in [0.25, 0.3) is 0 Å². The van der Waals surface area contributed by atoms with Crippen LogP contribution in [0.15, 0.2) is 35.4 Å². The third-order valence-electron chi connectivity index (χ3n) is 2.37. The summed E-state index contributed by atoms with van der Waals surface area (Å²) in [5.41, 5.74) is 0.316. The number of nitrogens with zero attached hydrogens (tertiary/aromatic N) is 2. The molecule has 0 fully saturated rings. The Balaban J connectivity index is 2.22. The number of anilines is 1. The van der Waals surface area contributed by atoms with Gasteiger partial charge in [0.15, 0.2) is 0 Å². The SMILES string of the molecule is O=C1C(C(=O)C(F)(F)F)C=NN1c1ccccc1. The Labute approximate surface area is 99.7 Å². The van der Waals surface area contributed by atoms with Gasteiger partial charge in [-0.05, 0) is 12.1 Å². The van der Waals surface area contributed by atoms with Crippen LogP contribution < -0.4 is 5.01 Å². The van der Waals surface area contributed by atoms with Crippen LogP contribution in [-0.4, -0.2) is 24.1 Å². The van der Waals surface area contributed by atoms with E-state index in [2.05, 4.69) is 5.10 Å². The number of hydrogen-bond donors (Lipinski definition) is 0. The Kier molecular flexibility index (Phi) is 2.90. The maximum Gasteiger partial charge on any atom is 0.451 e. The van der Waals surface area contributed by atoms with Crippen molar-refractivity contribution in [1.29, 1.82) is 0 Å². The van der Waals surface area contributed by atoms with E-state index in [-0.39, 0.29) is 0 Å². The monoisotopic (exact) mass is 256 g/mol. The Morgan fingerprint density at radius 3 is 2.39 bits per heavy atom. The normalized spacial score (nSPS) is 19.4. The summed E-state index contributed by atoms with van der Waals surface area (Å²) < 4.78 is 36.7. The van der Waals surface area contributed by atoms with E-state index in [0.29, 0.717) is 11.9 Å². The highest BCUT2D eigenvalue weighted by molar-refractivity contribution is 6.22. The Morgan fingerprint density at radius 2 is 1.83 bits per heavy atom. The number of alkyl halides is 3. The van der Waals surface area contributed by atoms with Gasteiger partial charge in [0.2, 0.25) is 0 Å². The molecule has 94 valence electrons. The van der Waals surface area contributed by atoms with Crippen LogP contribution in [0.1, 0.15) is 0 Å². The van der Waals surface area contributed by atoms with Crippen LogP contribution in [0, 0.1) is 5.92 Å². The van der Waals surface area contributed by atoms with Crippen molar-refractivity contribution in [2.24, 2.45) is 11.0 Å². The lowest BCUT2D eigenvalue weighted by Crippen LogP contribution is -2.38. The second-order valence-electron chi connectivity index (χ2n) is 3.59. The third kappa shape index (κ3) is 2.11. The van der Waals surface area contributed by atoms with Crippen LogP contribution >= 0.6 is 0 Å². The molecule has 0 spiro atoms. The standard InChI is InChI=1S/C11H7F3N2O2/c12-11(13,14)9(17)8-6-15-16(10(8)18)7-4-2-1-3-5-7/h1-6,8H. The number of hydrogen-bond acceptors (Lipinski definition) is 3. The minimum Gasteiger partial charge on any atom is -0.288 e. The smallest absolute Gasteiger partial charge is 0.288 e. The molecule has 7 heteroatoms. The van der Waals surface area contributed by atoms with E-state index in [1.807, 2.05) is 0 Å². The first-order valence-corrected chi connectivity index (χ1v) is 4.95. The molecule has 0 saturated carbocycles. The lowest BCUT2D eigenvalue weighted by Gasteiger charge is -2.14. The topological polar surface area (TPSA) is 49.7 Å². The van der Waals surface area contributed by atoms with Crippen molar-refractivity contribution >= 4 is 23.6 Å². The van der Waals surface area contributed by atoms with Crippen molar-refractivity contribution in [3.05, 3.63) is 30.3 Å². The highest BCUT2D eigenvalue weighted by Crippen LogP contribution is 2.26. The van der Waals surface area contributed by atoms with E-state index in [1.165, 1.54) is 12.1 Å². The van der Waals surface area contributed by atoms with E-state index in [9.17, 15) is 22.8 Å². The second-order valence-corrected chi connectivity index (χ2v) is 3.59. The molecule has 0 aliphatic carbocycles. The van der Waals surface area contributed by atoms with Gasteiger partial charge in [0, 0.05) is 6.21 Å². The van der Waals surface area contributed by atoms with Crippen molar-refractivity contribution in [3.63, 3.8) is 0 Å². The molecule has 1 aromatic rings. The minimum absolute atomic E-state index is 0.316. The number of carbonyl (C=O) groups is 2. The highest BCUT2D eigenvalue weighted by atomic mass is 19.4. The molecule has 0 radical (unpaired) electrons. The second kappa shape index (κ2) is 4.25. The van der Waals surface area contributed by atoms with Crippen molar-refractivity contribution < 1.29 is 22.8 Å². The number of hydrazone groups is 1. The molecular weight excluding hydrogens is 249 g/mol. The molecule has 1 unspecified atom stereocenters. The molecule has 1 heterocycles. The third-order valence-corrected chi connectivity index (χ3v) is 2.37. The Morgan fingerprint density at radius 1 is 1.22 bits per heavy atom. The first-order valence-electron chi connectivity index (χ1n) is 4.95. The summed E-state index contributed by atoms with van der Waals surface area (Å²) in [6.45, 7) is 0. The van der Waals surface area contributed by atoms with Gasteiger partial charge in [-0.15, -0.1) is 0 Å². The molecule has 2 rings (SSSR count). The summed E-state index contributed by atoms with van der Waals surface area (Å²) in [7, 11) is 0. The summed E-state index contributed by atoms with van der Waals surface area (Å²) in [5.74, 6) is -4.98. The predicted octanol–water partition coefficient (Wildman–Crippen LogP) is 1.77. The van der Waals surface area contributed by atoms with Gasteiger partial charge in [-0.25, -0.2) is 5.01 Å². The number of para-hydroxylation sites is 1. The molecule has 1 aromatic carbocycles. The van der Waals surface area contributed by atoms with Crippen LogP contribution in [-0.2, 0) is 9.59 Å². The Bertz CT molecular complexity index is 511. The summed E-state index contributed by atoms with van der Waals surface area (Å²) in [6.07, 6.45) is -4.33. The maximum absolute atomic E-state index is 12.2. The molecule has 1 atom stereocenters. The zero-order chi connectivity index (χ0) is 13.3. The lowest BCUT2D eigenvalue weighted by molar-refractivity contribution is -0.173. The van der Waals surface area contributed by atoms with Gasteiger partial charge in [0.25, 0.3) is 11.7 Å². The van der Waals surface area contributed by atoms with Gasteiger partial charge in [0.1, 0.15) is 5.92 Å². The molecule has 0 saturated heterocycles. The van der Waals surface area contributed by atoms with E-state index in [4.69, 9.17) is 0 Å². The number of halogens is 3. The number of carbonyl (C=O) groups excluding carboxylic acids is 2. The van der Waals surface area contributed by atoms with E-state index in [1.54, 1.807) is 18.2 Å². The number of ketones is 1. The molecular formula is C11H7F3N2O2. The summed E-state index contributed by atoms with van der Waals surface area (Å²) in [5, 5.41) is 4.33. The average molecular weight is 256 g/mol. The first-order chi connectivity index (χ1) is 8.41. The molecule has 18 heavy (non-hydrogen) atoms. The Hall–Kier alpha value is -2.18. The quantitative estimate of drug-likeness (QED) is 0.757. The van der Waals surface area contributed by atoms with Crippen LogP contribution in [0.4, 0.5) is 18.9 Å². The van der Waals surface area contributed by atoms with Gasteiger partial charge < -0.3 is 0 Å². The fraction of sp³-hybridized carbons (Fsp3) is 0.182. The fourth-order valence-corrected chi connectivity index (χ4v) is 1.51. The van der Waals surface area contributed by atoms with Crippen molar-refractivity contribution in [3.8, 4) is 0 Å². The van der Waals surface area contributed by atoms with Crippen molar-refractivity contribution in [1.82, 2.24) is 0 Å². The first kappa shape index (κ1) is 12.3. The van der Waals surface area contributed by atoms with Crippen LogP contribution in [0.2, 0.25) is 0 Å². The molecule has 0 aromatic heterocycles. The van der Waals surface area contributed by atoms with Gasteiger partial charge in [-0.2, -0.15) is 18.3 Å². The van der Waals surface area contributed by atoms with Gasteiger partial charge >= 0.3 is 6.18 Å². The minimum atomic E-state index is -5.04. The van der Waals surface area contributed by atoms with Crippen molar-refractivity contribution in [2.75, 3.05) is 5.01 Å². The van der Waals surface area contributed by atoms with Gasteiger partial charge in [0.05, 0.1) is 5.69 Å². The average Bonchev–Trinajstić information content (AvgIpc) is 2.70. The zero-order valence-corrected chi connectivity index (χ0v) is 8.89.